The first kappa shape index (κ1) is 14.9. The van der Waals surface area contributed by atoms with E-state index in [1.54, 1.807) is 6.92 Å². The molecule has 0 aliphatic rings. The maximum Gasteiger partial charge on any atom is 0.416 e. The van der Waals surface area contributed by atoms with E-state index in [0.717, 1.165) is 6.07 Å². The van der Waals surface area contributed by atoms with Crippen LogP contribution in [0.5, 0.6) is 0 Å². The lowest BCUT2D eigenvalue weighted by Crippen LogP contribution is -2.22. The molecule has 0 aliphatic heterocycles. The molecule has 0 saturated heterocycles. The molecule has 20 heavy (non-hydrogen) atoms. The first-order chi connectivity index (χ1) is 9.30. The first-order valence-electron chi connectivity index (χ1n) is 5.90. The summed E-state index contributed by atoms with van der Waals surface area (Å²) in [6.07, 6.45) is -2.98. The van der Waals surface area contributed by atoms with Gasteiger partial charge >= 0.3 is 6.18 Å². The molecule has 0 amide bonds. The van der Waals surface area contributed by atoms with Gasteiger partial charge in [0.15, 0.2) is 0 Å². The second-order valence-corrected chi connectivity index (χ2v) is 4.86. The fourth-order valence-electron chi connectivity index (χ4n) is 1.97. The van der Waals surface area contributed by atoms with Crippen LogP contribution in [0.25, 0.3) is 0 Å². The molecule has 1 aromatic heterocycles. The third kappa shape index (κ3) is 2.96. The number of rotatable bonds is 3. The van der Waals surface area contributed by atoms with Gasteiger partial charge in [0.05, 0.1) is 35.1 Å². The molecule has 1 unspecified atom stereocenters. The van der Waals surface area contributed by atoms with E-state index in [-0.39, 0.29) is 12.1 Å². The lowest BCUT2D eigenvalue weighted by atomic mass is 10.0. The molecule has 0 fully saturated rings. The van der Waals surface area contributed by atoms with Crippen LogP contribution < -0.4 is 5.73 Å². The molecule has 0 radical (unpaired) electrons. The van der Waals surface area contributed by atoms with Gasteiger partial charge in [0.25, 0.3) is 0 Å². The number of hydrogen-bond acceptors (Lipinski definition) is 2. The minimum Gasteiger partial charge on any atom is -0.322 e. The van der Waals surface area contributed by atoms with E-state index in [1.165, 1.54) is 29.1 Å². The lowest BCUT2D eigenvalue weighted by Gasteiger charge is -2.18. The van der Waals surface area contributed by atoms with Crippen LogP contribution in [0.15, 0.2) is 30.5 Å². The number of halogens is 4. The standard InChI is InChI=1S/C13H13ClF3N3/c1-8-11(14)6-19-20(8)7-12(18)9-4-2-3-5-10(9)13(15,16)17/h2-6,12H,7,18H2,1H3. The summed E-state index contributed by atoms with van der Waals surface area (Å²) in [5, 5.41) is 4.46. The maximum absolute atomic E-state index is 12.9. The largest absolute Gasteiger partial charge is 0.416 e. The molecule has 3 nitrogen and oxygen atoms in total. The summed E-state index contributed by atoms with van der Waals surface area (Å²) in [5.41, 5.74) is 5.90. The predicted octanol–water partition coefficient (Wildman–Crippen LogP) is 3.56. The third-order valence-electron chi connectivity index (χ3n) is 3.08. The molecule has 1 aromatic carbocycles. The number of alkyl halides is 3. The second kappa shape index (κ2) is 5.46. The van der Waals surface area contributed by atoms with Gasteiger partial charge in [0, 0.05) is 0 Å². The van der Waals surface area contributed by atoms with Crippen molar-refractivity contribution in [3.63, 3.8) is 0 Å². The van der Waals surface area contributed by atoms with Crippen molar-refractivity contribution < 1.29 is 13.2 Å². The van der Waals surface area contributed by atoms with Crippen LogP contribution in [-0.4, -0.2) is 9.78 Å². The summed E-state index contributed by atoms with van der Waals surface area (Å²) < 4.78 is 40.3. The maximum atomic E-state index is 12.9. The van der Waals surface area contributed by atoms with Crippen molar-refractivity contribution in [1.29, 1.82) is 0 Å². The molecule has 0 bridgehead atoms. The Hall–Kier alpha value is -1.53. The smallest absolute Gasteiger partial charge is 0.322 e. The van der Waals surface area contributed by atoms with E-state index in [9.17, 15) is 13.2 Å². The highest BCUT2D eigenvalue weighted by molar-refractivity contribution is 6.31. The van der Waals surface area contributed by atoms with Crippen molar-refractivity contribution in [3.05, 3.63) is 52.3 Å². The van der Waals surface area contributed by atoms with Gasteiger partial charge in [-0.15, -0.1) is 0 Å². The summed E-state index contributed by atoms with van der Waals surface area (Å²) in [4.78, 5) is 0. The molecule has 2 N–H and O–H groups in total. The van der Waals surface area contributed by atoms with Crippen LogP contribution in [0.2, 0.25) is 5.02 Å². The Bertz CT molecular complexity index is 607. The van der Waals surface area contributed by atoms with Crippen molar-refractivity contribution >= 4 is 11.6 Å². The van der Waals surface area contributed by atoms with Gasteiger partial charge in [0.1, 0.15) is 0 Å². The highest BCUT2D eigenvalue weighted by Gasteiger charge is 2.34. The Kier molecular flexibility index (Phi) is 4.06. The van der Waals surface area contributed by atoms with Crippen molar-refractivity contribution in [1.82, 2.24) is 9.78 Å². The molecule has 0 spiro atoms. The zero-order chi connectivity index (χ0) is 14.9. The molecule has 2 aromatic rings. The van der Waals surface area contributed by atoms with Gasteiger partial charge in [-0.05, 0) is 18.6 Å². The van der Waals surface area contributed by atoms with Crippen molar-refractivity contribution in [2.45, 2.75) is 25.7 Å². The minimum absolute atomic E-state index is 0.0472. The molecule has 7 heteroatoms. The van der Waals surface area contributed by atoms with Crippen LogP contribution >= 0.6 is 11.6 Å². The zero-order valence-electron chi connectivity index (χ0n) is 10.7. The molecule has 1 atom stereocenters. The van der Waals surface area contributed by atoms with Crippen LogP contribution in [0.4, 0.5) is 13.2 Å². The highest BCUT2D eigenvalue weighted by atomic mass is 35.5. The average Bonchev–Trinajstić information content (AvgIpc) is 2.70. The number of hydrogen-bond donors (Lipinski definition) is 1. The molecule has 0 saturated carbocycles. The van der Waals surface area contributed by atoms with E-state index >= 15 is 0 Å². The van der Waals surface area contributed by atoms with E-state index in [4.69, 9.17) is 17.3 Å². The Morgan fingerprint density at radius 1 is 1.35 bits per heavy atom. The zero-order valence-corrected chi connectivity index (χ0v) is 11.4. The number of nitrogens with zero attached hydrogens (tertiary/aromatic N) is 2. The van der Waals surface area contributed by atoms with E-state index in [2.05, 4.69) is 5.10 Å². The average molecular weight is 304 g/mol. The topological polar surface area (TPSA) is 43.8 Å². The van der Waals surface area contributed by atoms with Gasteiger partial charge in [-0.3, -0.25) is 4.68 Å². The van der Waals surface area contributed by atoms with Gasteiger partial charge in [-0.25, -0.2) is 0 Å². The monoisotopic (exact) mass is 303 g/mol. The first-order valence-corrected chi connectivity index (χ1v) is 6.28. The van der Waals surface area contributed by atoms with Gasteiger partial charge in [-0.1, -0.05) is 29.8 Å². The van der Waals surface area contributed by atoms with E-state index in [0.29, 0.717) is 10.7 Å². The van der Waals surface area contributed by atoms with E-state index in [1.807, 2.05) is 0 Å². The van der Waals surface area contributed by atoms with Gasteiger partial charge in [-0.2, -0.15) is 18.3 Å². The number of aromatic nitrogens is 2. The molecule has 108 valence electrons. The fraction of sp³-hybridized carbons (Fsp3) is 0.308. The van der Waals surface area contributed by atoms with Crippen LogP contribution in [0, 0.1) is 6.92 Å². The van der Waals surface area contributed by atoms with Crippen molar-refractivity contribution in [2.75, 3.05) is 0 Å². The Morgan fingerprint density at radius 2 is 2.00 bits per heavy atom. The Morgan fingerprint density at radius 3 is 2.55 bits per heavy atom. The summed E-state index contributed by atoms with van der Waals surface area (Å²) >= 11 is 5.86. The molecular formula is C13H13ClF3N3. The van der Waals surface area contributed by atoms with Crippen molar-refractivity contribution in [3.8, 4) is 0 Å². The number of benzene rings is 1. The predicted molar refractivity (Wildman–Crippen MR) is 70.3 cm³/mol. The summed E-state index contributed by atoms with van der Waals surface area (Å²) in [7, 11) is 0. The minimum atomic E-state index is -4.43. The second-order valence-electron chi connectivity index (χ2n) is 4.45. The van der Waals surface area contributed by atoms with Crippen LogP contribution in [-0.2, 0) is 12.7 Å². The van der Waals surface area contributed by atoms with Crippen LogP contribution in [0.3, 0.4) is 0 Å². The quantitative estimate of drug-likeness (QED) is 0.942. The SMILES string of the molecule is Cc1c(Cl)cnn1CC(N)c1ccccc1C(F)(F)F. The van der Waals surface area contributed by atoms with E-state index < -0.39 is 17.8 Å². The molecule has 2 rings (SSSR count). The summed E-state index contributed by atoms with van der Waals surface area (Å²) in [6, 6.07) is 4.47. The van der Waals surface area contributed by atoms with Gasteiger partial charge < -0.3 is 5.73 Å². The third-order valence-corrected chi connectivity index (χ3v) is 3.45. The van der Waals surface area contributed by atoms with Gasteiger partial charge in [0.2, 0.25) is 0 Å². The normalized spacial score (nSPS) is 13.5. The Balaban J connectivity index is 2.30. The molecule has 1 heterocycles. The van der Waals surface area contributed by atoms with Crippen molar-refractivity contribution in [2.24, 2.45) is 5.73 Å². The summed E-state index contributed by atoms with van der Waals surface area (Å²) in [5.74, 6) is 0. The Labute approximate surface area is 119 Å². The summed E-state index contributed by atoms with van der Waals surface area (Å²) in [6.45, 7) is 1.86. The highest BCUT2D eigenvalue weighted by Crippen LogP contribution is 2.34. The van der Waals surface area contributed by atoms with Crippen LogP contribution in [0.1, 0.15) is 22.9 Å². The lowest BCUT2D eigenvalue weighted by molar-refractivity contribution is -0.138. The molecule has 0 aliphatic carbocycles. The number of nitrogens with two attached hydrogens (primary N) is 1. The molecular weight excluding hydrogens is 291 g/mol. The fourth-order valence-corrected chi connectivity index (χ4v) is 2.11.